The first-order valence-corrected chi connectivity index (χ1v) is 7.89. The highest BCUT2D eigenvalue weighted by atomic mass is 19.1. The number of likely N-dealkylation sites (tertiary alicyclic amines) is 1. The van der Waals surface area contributed by atoms with Crippen molar-refractivity contribution < 1.29 is 18.3 Å². The van der Waals surface area contributed by atoms with E-state index in [1.54, 1.807) is 17.2 Å². The maximum Gasteiger partial charge on any atom is 0.257 e. The van der Waals surface area contributed by atoms with Gasteiger partial charge in [-0.1, -0.05) is 18.9 Å². The van der Waals surface area contributed by atoms with E-state index in [2.05, 4.69) is 0 Å². The number of halogens is 1. The van der Waals surface area contributed by atoms with Crippen LogP contribution in [0.5, 0.6) is 5.75 Å². The van der Waals surface area contributed by atoms with Crippen molar-refractivity contribution in [3.8, 4) is 5.75 Å². The molecule has 1 aromatic heterocycles. The summed E-state index contributed by atoms with van der Waals surface area (Å²) in [7, 11) is 1.39. The number of carbonyl (C=O) groups is 1. The summed E-state index contributed by atoms with van der Waals surface area (Å²) in [5, 5.41) is 0. The van der Waals surface area contributed by atoms with E-state index in [1.807, 2.05) is 12.1 Å². The molecule has 4 nitrogen and oxygen atoms in total. The van der Waals surface area contributed by atoms with Crippen molar-refractivity contribution in [2.75, 3.05) is 13.7 Å². The molecule has 0 bridgehead atoms. The second kappa shape index (κ2) is 6.86. The molecule has 1 aromatic carbocycles. The Morgan fingerprint density at radius 2 is 2.13 bits per heavy atom. The van der Waals surface area contributed by atoms with Crippen molar-refractivity contribution in [2.45, 2.75) is 31.7 Å². The van der Waals surface area contributed by atoms with Gasteiger partial charge in [0.2, 0.25) is 0 Å². The third kappa shape index (κ3) is 3.09. The van der Waals surface area contributed by atoms with Crippen LogP contribution >= 0.6 is 0 Å². The first-order valence-electron chi connectivity index (χ1n) is 7.89. The van der Waals surface area contributed by atoms with E-state index in [1.165, 1.54) is 19.2 Å². The minimum Gasteiger partial charge on any atom is -0.494 e. The first kappa shape index (κ1) is 15.6. The molecule has 2 aromatic rings. The van der Waals surface area contributed by atoms with Gasteiger partial charge >= 0.3 is 0 Å². The molecule has 0 aliphatic carbocycles. The van der Waals surface area contributed by atoms with Crippen molar-refractivity contribution in [3.63, 3.8) is 0 Å². The standard InChI is InChI=1S/C18H20FNO3/c1-22-16-9-5-7-13(17(16)19)18(21)20-11-4-2-3-8-14(20)15-10-6-12-23-15/h5-7,9-10,12,14H,2-4,8,11H2,1H3/t14-/m1/s1. The molecule has 0 saturated carbocycles. The summed E-state index contributed by atoms with van der Waals surface area (Å²) in [5.74, 6) is -0.0871. The van der Waals surface area contributed by atoms with Crippen LogP contribution in [-0.4, -0.2) is 24.5 Å². The van der Waals surface area contributed by atoms with E-state index < -0.39 is 5.82 Å². The van der Waals surface area contributed by atoms with Crippen LogP contribution in [0, 0.1) is 5.82 Å². The van der Waals surface area contributed by atoms with Gasteiger partial charge in [0, 0.05) is 6.54 Å². The van der Waals surface area contributed by atoms with Gasteiger partial charge in [0.1, 0.15) is 5.76 Å². The van der Waals surface area contributed by atoms with Crippen LogP contribution < -0.4 is 4.74 Å². The summed E-state index contributed by atoms with van der Waals surface area (Å²) in [6.07, 6.45) is 5.42. The highest BCUT2D eigenvalue weighted by molar-refractivity contribution is 5.95. The summed E-state index contributed by atoms with van der Waals surface area (Å²) < 4.78 is 24.9. The van der Waals surface area contributed by atoms with Gasteiger partial charge < -0.3 is 14.1 Å². The fourth-order valence-corrected chi connectivity index (χ4v) is 3.12. The molecule has 5 heteroatoms. The molecule has 1 saturated heterocycles. The largest absolute Gasteiger partial charge is 0.494 e. The molecular weight excluding hydrogens is 297 g/mol. The summed E-state index contributed by atoms with van der Waals surface area (Å²) in [4.78, 5) is 14.7. The Balaban J connectivity index is 1.95. The Morgan fingerprint density at radius 1 is 1.26 bits per heavy atom. The molecule has 3 rings (SSSR count). The van der Waals surface area contributed by atoms with Crippen LogP contribution in [0.4, 0.5) is 4.39 Å². The van der Waals surface area contributed by atoms with Gasteiger partial charge in [-0.05, 0) is 37.1 Å². The van der Waals surface area contributed by atoms with Gasteiger partial charge in [-0.2, -0.15) is 0 Å². The maximum absolute atomic E-state index is 14.5. The minimum absolute atomic E-state index is 0.0443. The van der Waals surface area contributed by atoms with Gasteiger partial charge in [0.15, 0.2) is 11.6 Å². The fraction of sp³-hybridized carbons (Fsp3) is 0.389. The summed E-state index contributed by atoms with van der Waals surface area (Å²) in [6, 6.07) is 8.19. The van der Waals surface area contributed by atoms with Crippen molar-refractivity contribution in [1.29, 1.82) is 0 Å². The lowest BCUT2D eigenvalue weighted by atomic mass is 10.1. The fourth-order valence-electron chi connectivity index (χ4n) is 3.12. The normalized spacial score (nSPS) is 18.5. The summed E-state index contributed by atoms with van der Waals surface area (Å²) in [5.41, 5.74) is 0.0443. The number of hydrogen-bond donors (Lipinski definition) is 0. The molecule has 0 radical (unpaired) electrons. The quantitative estimate of drug-likeness (QED) is 0.852. The number of methoxy groups -OCH3 is 1. The number of hydrogen-bond acceptors (Lipinski definition) is 3. The van der Waals surface area contributed by atoms with E-state index >= 15 is 0 Å². The number of rotatable bonds is 3. The van der Waals surface area contributed by atoms with Crippen molar-refractivity contribution in [1.82, 2.24) is 4.90 Å². The number of amides is 1. The predicted octanol–water partition coefficient (Wildman–Crippen LogP) is 4.18. The molecular formula is C18H20FNO3. The summed E-state index contributed by atoms with van der Waals surface area (Å²) >= 11 is 0. The van der Waals surface area contributed by atoms with Crippen LogP contribution in [0.15, 0.2) is 41.0 Å². The van der Waals surface area contributed by atoms with Gasteiger partial charge in [0.25, 0.3) is 5.91 Å². The van der Waals surface area contributed by atoms with Crippen LogP contribution in [0.2, 0.25) is 0 Å². The number of nitrogens with zero attached hydrogens (tertiary/aromatic N) is 1. The molecule has 1 amide bonds. The van der Waals surface area contributed by atoms with E-state index in [0.29, 0.717) is 6.54 Å². The van der Waals surface area contributed by atoms with Gasteiger partial charge in [-0.15, -0.1) is 0 Å². The molecule has 1 aliphatic rings. The Hall–Kier alpha value is -2.30. The van der Waals surface area contributed by atoms with Gasteiger partial charge in [-0.25, -0.2) is 4.39 Å². The highest BCUT2D eigenvalue weighted by Gasteiger charge is 2.31. The smallest absolute Gasteiger partial charge is 0.257 e. The lowest BCUT2D eigenvalue weighted by Gasteiger charge is -2.29. The van der Waals surface area contributed by atoms with E-state index in [0.717, 1.165) is 31.4 Å². The van der Waals surface area contributed by atoms with Crippen LogP contribution in [0.1, 0.15) is 47.8 Å². The predicted molar refractivity (Wildman–Crippen MR) is 83.9 cm³/mol. The third-order valence-electron chi connectivity index (χ3n) is 4.30. The number of furan rings is 1. The molecule has 23 heavy (non-hydrogen) atoms. The van der Waals surface area contributed by atoms with Crippen molar-refractivity contribution >= 4 is 5.91 Å². The SMILES string of the molecule is COc1cccc(C(=O)N2CCCCC[C@@H]2c2ccco2)c1F. The Labute approximate surface area is 134 Å². The second-order valence-electron chi connectivity index (χ2n) is 5.70. The Morgan fingerprint density at radius 3 is 2.87 bits per heavy atom. The van der Waals surface area contributed by atoms with Gasteiger partial charge in [-0.3, -0.25) is 4.79 Å². The number of carbonyl (C=O) groups excluding carboxylic acids is 1. The highest BCUT2D eigenvalue weighted by Crippen LogP contribution is 2.32. The van der Waals surface area contributed by atoms with E-state index in [-0.39, 0.29) is 23.3 Å². The van der Waals surface area contributed by atoms with Gasteiger partial charge in [0.05, 0.1) is 25.0 Å². The molecule has 1 aliphatic heterocycles. The van der Waals surface area contributed by atoms with Crippen LogP contribution in [-0.2, 0) is 0 Å². The lowest BCUT2D eigenvalue weighted by molar-refractivity contribution is 0.0653. The Bertz CT molecular complexity index is 669. The monoisotopic (exact) mass is 317 g/mol. The molecule has 0 unspecified atom stereocenters. The third-order valence-corrected chi connectivity index (χ3v) is 4.30. The second-order valence-corrected chi connectivity index (χ2v) is 5.70. The minimum atomic E-state index is -0.609. The lowest BCUT2D eigenvalue weighted by Crippen LogP contribution is -2.35. The first-order chi connectivity index (χ1) is 11.2. The average Bonchev–Trinajstić information content (AvgIpc) is 2.99. The summed E-state index contributed by atoms with van der Waals surface area (Å²) in [6.45, 7) is 0.598. The molecule has 2 heterocycles. The zero-order chi connectivity index (χ0) is 16.2. The average molecular weight is 317 g/mol. The van der Waals surface area contributed by atoms with E-state index in [9.17, 15) is 9.18 Å². The Kier molecular flexibility index (Phi) is 4.65. The molecule has 0 spiro atoms. The van der Waals surface area contributed by atoms with Crippen LogP contribution in [0.3, 0.4) is 0 Å². The molecule has 1 fully saturated rings. The van der Waals surface area contributed by atoms with E-state index in [4.69, 9.17) is 9.15 Å². The number of ether oxygens (including phenoxy) is 1. The molecule has 1 atom stereocenters. The topological polar surface area (TPSA) is 42.7 Å². The zero-order valence-corrected chi connectivity index (χ0v) is 13.1. The van der Waals surface area contributed by atoms with Crippen LogP contribution in [0.25, 0.3) is 0 Å². The zero-order valence-electron chi connectivity index (χ0n) is 13.1. The molecule has 0 N–H and O–H groups in total. The molecule has 122 valence electrons. The maximum atomic E-state index is 14.5. The van der Waals surface area contributed by atoms with Crippen molar-refractivity contribution in [3.05, 3.63) is 53.7 Å². The van der Waals surface area contributed by atoms with Crippen molar-refractivity contribution in [2.24, 2.45) is 0 Å². The number of benzene rings is 1.